The molecule has 7 aromatic rings. The van der Waals surface area contributed by atoms with E-state index in [4.69, 9.17) is 0 Å². The van der Waals surface area contributed by atoms with Gasteiger partial charge in [0.1, 0.15) is 0 Å². The zero-order chi connectivity index (χ0) is 33.4. The molecule has 5 aromatic carbocycles. The maximum atomic E-state index is 13.2. The van der Waals surface area contributed by atoms with Gasteiger partial charge in [0.15, 0.2) is 0 Å². The minimum atomic E-state index is -0.175. The predicted molar refractivity (Wildman–Crippen MR) is 197 cm³/mol. The first kappa shape index (κ1) is 31.7. The minimum absolute atomic E-state index is 0.0177. The van der Waals surface area contributed by atoms with Gasteiger partial charge in [-0.25, -0.2) is 0 Å². The molecule has 0 radical (unpaired) electrons. The van der Waals surface area contributed by atoms with Gasteiger partial charge in [-0.1, -0.05) is 127 Å². The van der Waals surface area contributed by atoms with E-state index in [0.717, 1.165) is 61.0 Å². The summed E-state index contributed by atoms with van der Waals surface area (Å²) < 4.78 is 0. The second-order valence-electron chi connectivity index (χ2n) is 12.5. The van der Waals surface area contributed by atoms with Crippen molar-refractivity contribution in [2.75, 3.05) is 0 Å². The van der Waals surface area contributed by atoms with Crippen molar-refractivity contribution < 1.29 is 9.59 Å². The van der Waals surface area contributed by atoms with Gasteiger partial charge in [-0.05, 0) is 52.8 Å². The van der Waals surface area contributed by atoms with Crippen molar-refractivity contribution in [2.24, 2.45) is 0 Å². The van der Waals surface area contributed by atoms with E-state index in [9.17, 15) is 9.59 Å². The Labute approximate surface area is 286 Å². The van der Waals surface area contributed by atoms with Gasteiger partial charge in [-0.3, -0.25) is 9.59 Å². The second kappa shape index (κ2) is 14.9. The molecular formula is C43H40N4O2. The van der Waals surface area contributed by atoms with E-state index in [0.29, 0.717) is 38.8 Å². The number of aromatic amines is 2. The number of fused-ring (bicyclic) bond motifs is 2. The van der Waals surface area contributed by atoms with Crippen molar-refractivity contribution in [3.8, 4) is 0 Å². The Morgan fingerprint density at radius 2 is 0.878 bits per heavy atom. The molecule has 2 aromatic heterocycles. The lowest BCUT2D eigenvalue weighted by Crippen LogP contribution is -2.23. The maximum Gasteiger partial charge on any atom is 0.220 e. The SMILES string of the molecule is O=C(CCc1c(C(c2ccccc2)c2[nH]c3ccccc3c2CCC(=O)NCc2ccccc2)[nH]c2ccccc12)NCc1ccccc1. The van der Waals surface area contributed by atoms with Crippen molar-refractivity contribution in [3.05, 3.63) is 179 Å². The van der Waals surface area contributed by atoms with Gasteiger partial charge in [0, 0.05) is 59.1 Å². The summed E-state index contributed by atoms with van der Waals surface area (Å²) in [5, 5.41) is 8.44. The van der Waals surface area contributed by atoms with Gasteiger partial charge in [0.05, 0.1) is 5.92 Å². The molecule has 0 aliphatic rings. The third-order valence-electron chi connectivity index (χ3n) is 9.27. The summed E-state index contributed by atoms with van der Waals surface area (Å²) in [6.07, 6.45) is 1.90. The fraction of sp³-hybridized carbons (Fsp3) is 0.163. The van der Waals surface area contributed by atoms with Gasteiger partial charge in [-0.2, -0.15) is 0 Å². The fourth-order valence-corrected chi connectivity index (χ4v) is 6.84. The molecule has 0 saturated heterocycles. The normalized spacial score (nSPS) is 11.3. The number of para-hydroxylation sites is 2. The van der Waals surface area contributed by atoms with Crippen LogP contribution in [-0.2, 0) is 35.5 Å². The minimum Gasteiger partial charge on any atom is -0.357 e. The van der Waals surface area contributed by atoms with Crippen LogP contribution in [0.5, 0.6) is 0 Å². The van der Waals surface area contributed by atoms with E-state index in [1.54, 1.807) is 0 Å². The third kappa shape index (κ3) is 7.34. The number of aryl methyl sites for hydroxylation is 2. The first-order valence-electron chi connectivity index (χ1n) is 17.0. The quantitative estimate of drug-likeness (QED) is 0.102. The smallest absolute Gasteiger partial charge is 0.220 e. The Kier molecular flexibility index (Phi) is 9.65. The summed E-state index contributed by atoms with van der Waals surface area (Å²) in [6.45, 7) is 1.01. The van der Waals surface area contributed by atoms with Crippen LogP contribution >= 0.6 is 0 Å². The number of nitrogens with one attached hydrogen (secondary N) is 4. The largest absolute Gasteiger partial charge is 0.357 e. The maximum absolute atomic E-state index is 13.2. The van der Waals surface area contributed by atoms with E-state index in [1.165, 1.54) is 0 Å². The van der Waals surface area contributed by atoms with E-state index < -0.39 is 0 Å². The molecule has 0 fully saturated rings. The number of hydrogen-bond donors (Lipinski definition) is 4. The molecule has 2 heterocycles. The number of carbonyl (C=O) groups is 2. The average molecular weight is 645 g/mol. The number of aromatic nitrogens is 2. The molecule has 7 rings (SSSR count). The van der Waals surface area contributed by atoms with Gasteiger partial charge < -0.3 is 20.6 Å². The highest BCUT2D eigenvalue weighted by molar-refractivity contribution is 5.89. The highest BCUT2D eigenvalue weighted by Crippen LogP contribution is 2.40. The molecular weight excluding hydrogens is 604 g/mol. The van der Waals surface area contributed by atoms with Crippen LogP contribution in [0.1, 0.15) is 58.0 Å². The summed E-state index contributed by atoms with van der Waals surface area (Å²) in [4.78, 5) is 33.9. The summed E-state index contributed by atoms with van der Waals surface area (Å²) in [5.41, 5.74) is 9.74. The summed E-state index contributed by atoms with van der Waals surface area (Å²) in [6, 6.07) is 47.1. The molecule has 49 heavy (non-hydrogen) atoms. The van der Waals surface area contributed by atoms with E-state index in [1.807, 2.05) is 78.9 Å². The van der Waals surface area contributed by atoms with Crippen LogP contribution in [0, 0.1) is 0 Å². The van der Waals surface area contributed by atoms with E-state index >= 15 is 0 Å². The number of hydrogen-bond acceptors (Lipinski definition) is 2. The number of H-pyrrole nitrogens is 2. The van der Waals surface area contributed by atoms with Crippen molar-refractivity contribution in [2.45, 2.75) is 44.7 Å². The van der Waals surface area contributed by atoms with Gasteiger partial charge in [0.25, 0.3) is 0 Å². The van der Waals surface area contributed by atoms with Crippen molar-refractivity contribution in [1.29, 1.82) is 0 Å². The zero-order valence-electron chi connectivity index (χ0n) is 27.4. The first-order valence-corrected chi connectivity index (χ1v) is 17.0. The lowest BCUT2D eigenvalue weighted by atomic mass is 9.86. The van der Waals surface area contributed by atoms with Crippen molar-refractivity contribution in [1.82, 2.24) is 20.6 Å². The summed E-state index contributed by atoms with van der Waals surface area (Å²) in [5.74, 6) is -0.140. The Bertz CT molecular complexity index is 2030. The summed E-state index contributed by atoms with van der Waals surface area (Å²) >= 11 is 0. The van der Waals surface area contributed by atoms with Crippen LogP contribution in [0.2, 0.25) is 0 Å². The van der Waals surface area contributed by atoms with Gasteiger partial charge in [0.2, 0.25) is 11.8 Å². The number of amides is 2. The number of carbonyl (C=O) groups excluding carboxylic acids is 2. The van der Waals surface area contributed by atoms with Crippen molar-refractivity contribution >= 4 is 33.6 Å². The topological polar surface area (TPSA) is 89.8 Å². The average Bonchev–Trinajstić information content (AvgIpc) is 3.70. The standard InChI is InChI=1S/C43H40N4O2/c48-39(44-28-30-14-4-1-5-15-30)26-24-35-33-20-10-12-22-37(33)46-42(35)41(32-18-8-3-9-19-32)43-36(34-21-11-13-23-38(34)47-43)25-27-40(49)45-29-31-16-6-2-7-17-31/h1-23,41,46-47H,24-29H2,(H,44,48)(H,45,49). The predicted octanol–water partition coefficient (Wildman–Crippen LogP) is 8.33. The fourth-order valence-electron chi connectivity index (χ4n) is 6.84. The molecule has 2 amide bonds. The second-order valence-corrected chi connectivity index (χ2v) is 12.5. The molecule has 6 heteroatoms. The Morgan fingerprint density at radius 3 is 1.33 bits per heavy atom. The molecule has 244 valence electrons. The molecule has 0 saturated carbocycles. The Hall–Kier alpha value is -5.88. The molecule has 0 atom stereocenters. The van der Waals surface area contributed by atoms with Crippen LogP contribution in [0.15, 0.2) is 140 Å². The monoisotopic (exact) mass is 644 g/mol. The van der Waals surface area contributed by atoms with Crippen molar-refractivity contribution in [3.63, 3.8) is 0 Å². The lowest BCUT2D eigenvalue weighted by Gasteiger charge is -2.20. The highest BCUT2D eigenvalue weighted by atomic mass is 16.2. The van der Waals surface area contributed by atoms with Crippen LogP contribution in [0.4, 0.5) is 0 Å². The molecule has 0 aliphatic heterocycles. The van der Waals surface area contributed by atoms with Crippen LogP contribution in [0.25, 0.3) is 21.8 Å². The molecule has 6 nitrogen and oxygen atoms in total. The molecule has 0 aliphatic carbocycles. The Morgan fingerprint density at radius 1 is 0.490 bits per heavy atom. The Balaban J connectivity index is 1.23. The van der Waals surface area contributed by atoms with E-state index in [2.05, 4.69) is 81.3 Å². The number of benzene rings is 5. The molecule has 4 N–H and O–H groups in total. The zero-order valence-corrected chi connectivity index (χ0v) is 27.4. The number of rotatable bonds is 13. The van der Waals surface area contributed by atoms with Crippen LogP contribution in [0.3, 0.4) is 0 Å². The lowest BCUT2D eigenvalue weighted by molar-refractivity contribution is -0.122. The highest BCUT2D eigenvalue weighted by Gasteiger charge is 2.28. The summed E-state index contributed by atoms with van der Waals surface area (Å²) in [7, 11) is 0. The van der Waals surface area contributed by atoms with Crippen LogP contribution < -0.4 is 10.6 Å². The van der Waals surface area contributed by atoms with E-state index in [-0.39, 0.29) is 17.7 Å². The molecule has 0 bridgehead atoms. The third-order valence-corrected chi connectivity index (χ3v) is 9.27. The molecule has 0 spiro atoms. The molecule has 0 unspecified atom stereocenters. The van der Waals surface area contributed by atoms with Crippen LogP contribution in [-0.4, -0.2) is 21.8 Å². The first-order chi connectivity index (χ1) is 24.1. The van der Waals surface area contributed by atoms with Gasteiger partial charge >= 0.3 is 0 Å². The van der Waals surface area contributed by atoms with Gasteiger partial charge in [-0.15, -0.1) is 0 Å².